The van der Waals surface area contributed by atoms with Crippen LogP contribution in [0.4, 0.5) is 10.5 Å². The van der Waals surface area contributed by atoms with E-state index in [0.717, 1.165) is 21.9 Å². The Morgan fingerprint density at radius 1 is 0.976 bits per heavy atom. The Balaban J connectivity index is 2.01. The van der Waals surface area contributed by atoms with E-state index in [0.29, 0.717) is 23.4 Å². The van der Waals surface area contributed by atoms with Gasteiger partial charge in [0.15, 0.2) is 0 Å². The molecule has 3 amide bonds. The molecule has 0 aliphatic heterocycles. The summed E-state index contributed by atoms with van der Waals surface area (Å²) in [6.45, 7) is 8.69. The number of aryl methyl sites for hydroxylation is 2. The largest absolute Gasteiger partial charge is 0.444 e. The van der Waals surface area contributed by atoms with Crippen LogP contribution in [0.15, 0.2) is 60.7 Å². The fourth-order valence-electron chi connectivity index (χ4n) is 4.50. The molecule has 0 aliphatic rings. The van der Waals surface area contributed by atoms with Crippen LogP contribution in [-0.4, -0.2) is 64.7 Å². The second kappa shape index (κ2) is 14.4. The Kier molecular flexibility index (Phi) is 11.2. The highest BCUT2D eigenvalue weighted by Gasteiger charge is 2.36. The average molecular weight is 580 g/mol. The third-order valence-corrected chi connectivity index (χ3v) is 7.29. The highest BCUT2D eigenvalue weighted by Crippen LogP contribution is 2.27. The predicted molar refractivity (Wildman–Crippen MR) is 166 cm³/mol. The van der Waals surface area contributed by atoms with Gasteiger partial charge in [0.25, 0.3) is 5.91 Å². The summed E-state index contributed by atoms with van der Waals surface area (Å²) in [7, 11) is 0. The van der Waals surface area contributed by atoms with Crippen LogP contribution in [0.5, 0.6) is 0 Å². The van der Waals surface area contributed by atoms with Crippen molar-refractivity contribution in [3.63, 3.8) is 0 Å². The number of alkyl carbamates (subject to hydrolysis) is 1. The Morgan fingerprint density at radius 2 is 1.68 bits per heavy atom. The van der Waals surface area contributed by atoms with Gasteiger partial charge in [-0.15, -0.1) is 0 Å². The third kappa shape index (κ3) is 8.96. The first-order chi connectivity index (χ1) is 19.4. The van der Waals surface area contributed by atoms with Crippen LogP contribution in [0.1, 0.15) is 49.9 Å². The van der Waals surface area contributed by atoms with Crippen LogP contribution in [0.25, 0.3) is 10.8 Å². The Hall–Kier alpha value is -3.56. The van der Waals surface area contributed by atoms with Crippen LogP contribution in [0, 0.1) is 13.8 Å². The van der Waals surface area contributed by atoms with E-state index >= 15 is 0 Å². The zero-order chi connectivity index (χ0) is 30.2. The molecule has 8 nitrogen and oxygen atoms in total. The standard InChI is InChI=1S/C32H41N3O5S/c1-21-11-12-25(19-22(21)2)28(29(37)33-26-14-13-23-9-7-8-10-24(23)20-26)35(16-17-36)30(38)27(15-18-41-6)34-31(39)40-32(3,4)5/h7-14,19-20,27-28,36H,15-18H2,1-6H3,(H,33,37)(H,34,39). The number of carbonyl (C=O) groups is 3. The summed E-state index contributed by atoms with van der Waals surface area (Å²) in [6.07, 6.45) is 1.52. The number of nitrogens with zero attached hydrogens (tertiary/aromatic N) is 1. The van der Waals surface area contributed by atoms with E-state index in [9.17, 15) is 19.5 Å². The van der Waals surface area contributed by atoms with Crippen molar-refractivity contribution in [2.24, 2.45) is 0 Å². The summed E-state index contributed by atoms with van der Waals surface area (Å²) in [6, 6.07) is 17.1. The van der Waals surface area contributed by atoms with Crippen molar-refractivity contribution in [3.8, 4) is 0 Å². The fourth-order valence-corrected chi connectivity index (χ4v) is 4.97. The van der Waals surface area contributed by atoms with Crippen molar-refractivity contribution >= 4 is 46.1 Å². The molecular formula is C32H41N3O5S. The Morgan fingerprint density at radius 3 is 2.32 bits per heavy atom. The number of hydrogen-bond donors (Lipinski definition) is 3. The van der Waals surface area contributed by atoms with Crippen LogP contribution < -0.4 is 10.6 Å². The van der Waals surface area contributed by atoms with Crippen molar-refractivity contribution in [3.05, 3.63) is 77.4 Å². The minimum atomic E-state index is -1.06. The van der Waals surface area contributed by atoms with Crippen molar-refractivity contribution in [2.75, 3.05) is 30.5 Å². The van der Waals surface area contributed by atoms with E-state index in [1.807, 2.05) is 80.8 Å². The maximum atomic E-state index is 14.1. The molecule has 0 spiro atoms. The van der Waals surface area contributed by atoms with E-state index in [1.165, 1.54) is 16.7 Å². The zero-order valence-corrected chi connectivity index (χ0v) is 25.5. The lowest BCUT2D eigenvalue weighted by atomic mass is 9.98. The number of benzene rings is 3. The molecule has 3 aromatic carbocycles. The molecular weight excluding hydrogens is 538 g/mol. The quantitative estimate of drug-likeness (QED) is 0.273. The molecule has 9 heteroatoms. The van der Waals surface area contributed by atoms with E-state index in [2.05, 4.69) is 10.6 Å². The van der Waals surface area contributed by atoms with E-state index in [-0.39, 0.29) is 13.2 Å². The van der Waals surface area contributed by atoms with Gasteiger partial charge in [0.05, 0.1) is 6.61 Å². The monoisotopic (exact) mass is 579 g/mol. The molecule has 0 aliphatic carbocycles. The van der Waals surface area contributed by atoms with Gasteiger partial charge in [-0.05, 0) is 92.6 Å². The van der Waals surface area contributed by atoms with Gasteiger partial charge in [-0.3, -0.25) is 9.59 Å². The highest BCUT2D eigenvalue weighted by atomic mass is 32.2. The molecule has 0 heterocycles. The molecule has 0 fully saturated rings. The highest BCUT2D eigenvalue weighted by molar-refractivity contribution is 7.98. The molecule has 0 saturated heterocycles. The lowest BCUT2D eigenvalue weighted by Crippen LogP contribution is -2.53. The maximum Gasteiger partial charge on any atom is 0.408 e. The zero-order valence-electron chi connectivity index (χ0n) is 24.7. The Bertz CT molecular complexity index is 1370. The SMILES string of the molecule is CSCCC(NC(=O)OC(C)(C)C)C(=O)N(CCO)C(C(=O)Nc1ccc2ccccc2c1)c1ccc(C)c(C)c1. The molecule has 0 bridgehead atoms. The number of fused-ring (bicyclic) bond motifs is 1. The van der Waals surface area contributed by atoms with Crippen LogP contribution in [0.3, 0.4) is 0 Å². The summed E-state index contributed by atoms with van der Waals surface area (Å²) in [4.78, 5) is 42.1. The first-order valence-corrected chi connectivity index (χ1v) is 15.1. The number of thioether (sulfide) groups is 1. The van der Waals surface area contributed by atoms with Gasteiger partial charge in [0, 0.05) is 12.2 Å². The number of hydrogen-bond acceptors (Lipinski definition) is 6. The number of amides is 3. The number of ether oxygens (including phenoxy) is 1. The third-order valence-electron chi connectivity index (χ3n) is 6.65. The molecule has 0 saturated carbocycles. The first-order valence-electron chi connectivity index (χ1n) is 13.7. The second-order valence-electron chi connectivity index (χ2n) is 11.0. The minimum Gasteiger partial charge on any atom is -0.444 e. The van der Waals surface area contributed by atoms with Gasteiger partial charge in [-0.2, -0.15) is 11.8 Å². The number of nitrogens with one attached hydrogen (secondary N) is 2. The number of anilines is 1. The number of aliphatic hydroxyl groups excluding tert-OH is 1. The molecule has 3 N–H and O–H groups in total. The molecule has 220 valence electrons. The lowest BCUT2D eigenvalue weighted by molar-refractivity contribution is -0.141. The molecule has 0 aromatic heterocycles. The second-order valence-corrected chi connectivity index (χ2v) is 12.0. The van der Waals surface area contributed by atoms with Crippen molar-refractivity contribution in [2.45, 2.75) is 58.7 Å². The predicted octanol–water partition coefficient (Wildman–Crippen LogP) is 5.60. The normalized spacial score (nSPS) is 12.9. The first kappa shape index (κ1) is 32.0. The minimum absolute atomic E-state index is 0.104. The summed E-state index contributed by atoms with van der Waals surface area (Å²) >= 11 is 1.54. The van der Waals surface area contributed by atoms with Gasteiger partial charge >= 0.3 is 6.09 Å². The summed E-state index contributed by atoms with van der Waals surface area (Å²) < 4.78 is 5.42. The fraction of sp³-hybridized carbons (Fsp3) is 0.406. The van der Waals surface area contributed by atoms with Crippen molar-refractivity contribution in [1.29, 1.82) is 0 Å². The molecule has 2 atom stereocenters. The molecule has 41 heavy (non-hydrogen) atoms. The number of carbonyl (C=O) groups excluding carboxylic acids is 3. The van der Waals surface area contributed by atoms with Crippen LogP contribution >= 0.6 is 11.8 Å². The van der Waals surface area contributed by atoms with E-state index in [1.54, 1.807) is 20.8 Å². The van der Waals surface area contributed by atoms with Crippen LogP contribution in [-0.2, 0) is 14.3 Å². The summed E-state index contributed by atoms with van der Waals surface area (Å²) in [5.74, 6) is -0.307. The van der Waals surface area contributed by atoms with Gasteiger partial charge in [-0.25, -0.2) is 4.79 Å². The topological polar surface area (TPSA) is 108 Å². The Labute approximate surface area is 246 Å². The maximum absolute atomic E-state index is 14.1. The van der Waals surface area contributed by atoms with Crippen molar-refractivity contribution < 1.29 is 24.2 Å². The molecule has 3 aromatic rings. The average Bonchev–Trinajstić information content (AvgIpc) is 2.91. The molecule has 2 unspecified atom stereocenters. The van der Waals surface area contributed by atoms with Gasteiger partial charge in [-0.1, -0.05) is 48.5 Å². The lowest BCUT2D eigenvalue weighted by Gasteiger charge is -2.34. The summed E-state index contributed by atoms with van der Waals surface area (Å²) in [5.41, 5.74) is 2.46. The van der Waals surface area contributed by atoms with Gasteiger partial charge in [0.1, 0.15) is 17.7 Å². The number of aliphatic hydroxyl groups is 1. The number of rotatable bonds is 11. The van der Waals surface area contributed by atoms with E-state index in [4.69, 9.17) is 4.74 Å². The molecule has 0 radical (unpaired) electrons. The summed E-state index contributed by atoms with van der Waals surface area (Å²) in [5, 5.41) is 17.7. The van der Waals surface area contributed by atoms with E-state index < -0.39 is 35.6 Å². The molecule has 3 rings (SSSR count). The van der Waals surface area contributed by atoms with Gasteiger partial charge in [0.2, 0.25) is 5.91 Å². The van der Waals surface area contributed by atoms with Crippen LogP contribution in [0.2, 0.25) is 0 Å². The smallest absolute Gasteiger partial charge is 0.408 e. The van der Waals surface area contributed by atoms with Gasteiger partial charge < -0.3 is 25.4 Å². The van der Waals surface area contributed by atoms with Crippen molar-refractivity contribution in [1.82, 2.24) is 10.2 Å².